The van der Waals surface area contributed by atoms with Crippen molar-refractivity contribution < 1.29 is 28.6 Å². The van der Waals surface area contributed by atoms with Gasteiger partial charge in [0.05, 0.1) is 24.0 Å². The Morgan fingerprint density at radius 3 is 2.79 bits per heavy atom. The molecule has 4 amide bonds. The Morgan fingerprint density at radius 2 is 2.00 bits per heavy atom. The minimum absolute atomic E-state index is 0.0457. The Balaban J connectivity index is 1.23. The number of ether oxygens (including phenoxy) is 1. The lowest BCUT2D eigenvalue weighted by atomic mass is 9.98. The summed E-state index contributed by atoms with van der Waals surface area (Å²) in [5.74, 6) is -0.437. The molecule has 4 heterocycles. The Labute approximate surface area is 246 Å². The molecule has 1 aromatic heterocycles. The number of aliphatic hydroxyl groups is 1. The molecule has 218 valence electrons. The maximum Gasteiger partial charge on any atom is 0.327 e. The second kappa shape index (κ2) is 11.6. The van der Waals surface area contributed by atoms with Crippen LogP contribution in [0.25, 0.3) is 0 Å². The highest BCUT2D eigenvalue weighted by Crippen LogP contribution is 2.51. The second-order valence-corrected chi connectivity index (χ2v) is 11.6. The van der Waals surface area contributed by atoms with Crippen LogP contribution in [0.5, 0.6) is 11.5 Å². The molecule has 3 N–H and O–H groups in total. The van der Waals surface area contributed by atoms with Gasteiger partial charge in [0.25, 0.3) is 0 Å². The topological polar surface area (TPSA) is 124 Å². The summed E-state index contributed by atoms with van der Waals surface area (Å²) in [5.41, 5.74) is 1.83. The molecule has 0 spiro atoms. The summed E-state index contributed by atoms with van der Waals surface area (Å²) >= 11 is 1.27. The molecule has 0 bridgehead atoms. The third-order valence-electron chi connectivity index (χ3n) is 7.74. The fourth-order valence-corrected chi connectivity index (χ4v) is 6.95. The van der Waals surface area contributed by atoms with Crippen molar-refractivity contribution in [3.05, 3.63) is 71.7 Å². The largest absolute Gasteiger partial charge is 0.454 e. The van der Waals surface area contributed by atoms with Gasteiger partial charge in [0, 0.05) is 42.9 Å². The molecule has 0 radical (unpaired) electrons. The number of nitrogens with one attached hydrogen (secondary N) is 2. The van der Waals surface area contributed by atoms with Crippen molar-refractivity contribution in [3.8, 4) is 11.5 Å². The summed E-state index contributed by atoms with van der Waals surface area (Å²) in [6.07, 6.45) is 3.10. The van der Waals surface area contributed by atoms with Crippen LogP contribution in [0.15, 0.2) is 59.8 Å². The van der Waals surface area contributed by atoms with Crippen molar-refractivity contribution in [3.63, 3.8) is 0 Å². The third kappa shape index (κ3) is 5.16. The molecule has 10 nitrogen and oxygen atoms in total. The van der Waals surface area contributed by atoms with Crippen molar-refractivity contribution in [2.24, 2.45) is 0 Å². The first-order chi connectivity index (χ1) is 20.4. The molecule has 1 fully saturated rings. The number of aliphatic hydroxyl groups excluding tert-OH is 1. The van der Waals surface area contributed by atoms with Crippen LogP contribution in [-0.2, 0) is 9.59 Å². The Hall–Kier alpha value is -4.16. The van der Waals surface area contributed by atoms with Crippen molar-refractivity contribution in [2.75, 3.05) is 24.6 Å². The van der Waals surface area contributed by atoms with Gasteiger partial charge < -0.3 is 25.4 Å². The van der Waals surface area contributed by atoms with E-state index in [0.29, 0.717) is 40.8 Å². The van der Waals surface area contributed by atoms with E-state index >= 15 is 4.39 Å². The number of hydrogen-bond donors (Lipinski definition) is 3. The van der Waals surface area contributed by atoms with E-state index in [1.807, 2.05) is 6.07 Å². The maximum atomic E-state index is 15.5. The fourth-order valence-electron chi connectivity index (χ4n) is 5.71. The number of carbonyl (C=O) groups excluding carboxylic acids is 3. The van der Waals surface area contributed by atoms with Crippen LogP contribution in [0.4, 0.5) is 20.6 Å². The molecule has 2 unspecified atom stereocenters. The predicted molar refractivity (Wildman–Crippen MR) is 154 cm³/mol. The monoisotopic (exact) mass is 591 g/mol. The molecular formula is C30H30FN5O5S. The number of benzene rings is 2. The van der Waals surface area contributed by atoms with Gasteiger partial charge in [0.2, 0.25) is 11.8 Å². The number of anilines is 2. The number of para-hydroxylation sites is 1. The lowest BCUT2D eigenvalue weighted by molar-refractivity contribution is -0.134. The molecule has 3 atom stereocenters. The second-order valence-electron chi connectivity index (χ2n) is 10.4. The van der Waals surface area contributed by atoms with E-state index in [4.69, 9.17) is 9.84 Å². The molecule has 1 saturated heterocycles. The lowest BCUT2D eigenvalue weighted by Crippen LogP contribution is -2.53. The molecule has 3 aliphatic rings. The number of aromatic nitrogens is 1. The molecule has 2 aromatic carbocycles. The number of piperidine rings is 1. The first-order valence-electron chi connectivity index (χ1n) is 13.8. The summed E-state index contributed by atoms with van der Waals surface area (Å²) in [7, 11) is 0. The number of hydrogen-bond acceptors (Lipinski definition) is 7. The van der Waals surface area contributed by atoms with Crippen LogP contribution in [0, 0.1) is 12.7 Å². The molecule has 3 aromatic rings. The van der Waals surface area contributed by atoms with Crippen LogP contribution in [0.3, 0.4) is 0 Å². The number of amides is 4. The summed E-state index contributed by atoms with van der Waals surface area (Å²) in [5, 5.41) is 15.1. The van der Waals surface area contributed by atoms with E-state index in [0.717, 1.165) is 12.8 Å². The van der Waals surface area contributed by atoms with E-state index in [9.17, 15) is 14.4 Å². The Kier molecular flexibility index (Phi) is 7.74. The third-order valence-corrected chi connectivity index (χ3v) is 9.03. The molecule has 3 aliphatic heterocycles. The first kappa shape index (κ1) is 28.0. The number of urea groups is 1. The summed E-state index contributed by atoms with van der Waals surface area (Å²) < 4.78 is 21.2. The summed E-state index contributed by atoms with van der Waals surface area (Å²) in [6.45, 7) is 2.34. The van der Waals surface area contributed by atoms with Crippen LogP contribution in [0.2, 0.25) is 0 Å². The number of likely N-dealkylation sites (tertiary alicyclic amines) is 1. The van der Waals surface area contributed by atoms with E-state index in [1.165, 1.54) is 22.7 Å². The average molecular weight is 592 g/mol. The highest BCUT2D eigenvalue weighted by Gasteiger charge is 2.47. The number of nitrogens with zero attached hydrogens (tertiary/aromatic N) is 3. The number of halogens is 1. The van der Waals surface area contributed by atoms with Crippen molar-refractivity contribution in [2.45, 2.75) is 48.5 Å². The molecular weight excluding hydrogens is 561 g/mol. The summed E-state index contributed by atoms with van der Waals surface area (Å²) in [6, 6.07) is 12.4. The van der Waals surface area contributed by atoms with Gasteiger partial charge >= 0.3 is 6.03 Å². The smallest absolute Gasteiger partial charge is 0.327 e. The maximum absolute atomic E-state index is 15.5. The predicted octanol–water partition coefficient (Wildman–Crippen LogP) is 4.19. The van der Waals surface area contributed by atoms with Crippen molar-refractivity contribution >= 4 is 41.0 Å². The van der Waals surface area contributed by atoms with E-state index < -0.39 is 23.1 Å². The zero-order valence-electron chi connectivity index (χ0n) is 22.9. The lowest BCUT2D eigenvalue weighted by Gasteiger charge is -2.36. The zero-order chi connectivity index (χ0) is 29.4. The number of carbonyl (C=O) groups is 3. The highest BCUT2D eigenvalue weighted by molar-refractivity contribution is 8.01. The van der Waals surface area contributed by atoms with Crippen molar-refractivity contribution in [1.29, 1.82) is 0 Å². The minimum atomic E-state index is -0.664. The highest BCUT2D eigenvalue weighted by atomic mass is 32.2. The standard InChI is InChI=1S/C30H30FN5O5S/c1-17-20(9-10-22(25(17)31)41-19-7-3-2-4-8-19)36-21-11-13-32-29-24(21)26(34-30(36)40)27(42-29)28(39)33-18-6-5-14-35(16-18)23(38)12-15-37/h2-4,7-11,13,18,26-27,37H,5-6,12,14-16H2,1H3,(H,33,39)(H,34,40)/t18?,26?,27-/m1/s1. The van der Waals surface area contributed by atoms with Crippen LogP contribution >= 0.6 is 11.8 Å². The molecule has 12 heteroatoms. The molecule has 6 rings (SSSR count). The van der Waals surface area contributed by atoms with Crippen LogP contribution < -0.4 is 20.3 Å². The Bertz CT molecular complexity index is 1540. The number of rotatable bonds is 7. The summed E-state index contributed by atoms with van der Waals surface area (Å²) in [4.78, 5) is 46.9. The van der Waals surface area contributed by atoms with Gasteiger partial charge in [-0.1, -0.05) is 30.0 Å². The van der Waals surface area contributed by atoms with Gasteiger partial charge in [-0.15, -0.1) is 0 Å². The first-order valence-corrected chi connectivity index (χ1v) is 14.7. The van der Waals surface area contributed by atoms with Gasteiger partial charge in [0.15, 0.2) is 11.6 Å². The van der Waals surface area contributed by atoms with Gasteiger partial charge in [-0.05, 0) is 50.1 Å². The SMILES string of the molecule is Cc1c(N2C(=O)NC3c4c2ccnc4S[C@H]3C(=O)NC2CCCN(C(=O)CCO)C2)ccc(Oc2ccccc2)c1F. The zero-order valence-corrected chi connectivity index (χ0v) is 23.7. The van der Waals surface area contributed by atoms with Gasteiger partial charge in [-0.3, -0.25) is 14.5 Å². The molecule has 42 heavy (non-hydrogen) atoms. The normalized spacial score (nSPS) is 21.0. The van der Waals surface area contributed by atoms with E-state index in [1.54, 1.807) is 54.4 Å². The number of pyridine rings is 1. The van der Waals surface area contributed by atoms with Gasteiger partial charge in [0.1, 0.15) is 16.0 Å². The van der Waals surface area contributed by atoms with Crippen LogP contribution in [-0.4, -0.2) is 63.8 Å². The van der Waals surface area contributed by atoms with E-state index in [-0.39, 0.29) is 42.2 Å². The van der Waals surface area contributed by atoms with Gasteiger partial charge in [-0.2, -0.15) is 0 Å². The number of thioether (sulfide) groups is 1. The molecule has 0 saturated carbocycles. The quantitative estimate of drug-likeness (QED) is 0.377. The van der Waals surface area contributed by atoms with Crippen LogP contribution in [0.1, 0.15) is 36.4 Å². The fraction of sp³-hybridized carbons (Fsp3) is 0.333. The average Bonchev–Trinajstić information content (AvgIpc) is 3.36. The molecule has 0 aliphatic carbocycles. The Morgan fingerprint density at radius 1 is 1.19 bits per heavy atom. The van der Waals surface area contributed by atoms with Gasteiger partial charge in [-0.25, -0.2) is 14.2 Å². The van der Waals surface area contributed by atoms with Crippen molar-refractivity contribution in [1.82, 2.24) is 20.5 Å². The minimum Gasteiger partial charge on any atom is -0.454 e. The van der Waals surface area contributed by atoms with E-state index in [2.05, 4.69) is 15.6 Å².